The Balaban J connectivity index is 2.42. The highest BCUT2D eigenvalue weighted by Gasteiger charge is 2.27. The Kier molecular flexibility index (Phi) is 5.22. The number of rotatable bonds is 4. The van der Waals surface area contributed by atoms with Gasteiger partial charge in [-0.1, -0.05) is 13.8 Å². The van der Waals surface area contributed by atoms with E-state index in [1.165, 1.54) is 0 Å². The monoisotopic (exact) mass is 227 g/mol. The molecule has 1 aliphatic heterocycles. The zero-order chi connectivity index (χ0) is 12.1. The van der Waals surface area contributed by atoms with Crippen LogP contribution in [0.25, 0.3) is 0 Å². The SMILES string of the molecule is CC(C)CCN(C)C(=O)C1CNCCN1C. The van der Waals surface area contributed by atoms with E-state index in [2.05, 4.69) is 24.1 Å². The van der Waals surface area contributed by atoms with Gasteiger partial charge in [-0.3, -0.25) is 9.69 Å². The topological polar surface area (TPSA) is 35.6 Å². The van der Waals surface area contributed by atoms with Crippen LogP contribution in [0.4, 0.5) is 0 Å². The Morgan fingerprint density at radius 3 is 2.81 bits per heavy atom. The Hall–Kier alpha value is -0.610. The zero-order valence-electron chi connectivity index (χ0n) is 11.0. The minimum atomic E-state index is 0.0194. The second-order valence-corrected chi connectivity index (χ2v) is 5.14. The van der Waals surface area contributed by atoms with Crippen LogP contribution >= 0.6 is 0 Å². The molecule has 1 atom stereocenters. The molecule has 0 bridgehead atoms. The third-order valence-corrected chi connectivity index (χ3v) is 3.21. The predicted octanol–water partition coefficient (Wildman–Crippen LogP) is 0.395. The van der Waals surface area contributed by atoms with Crippen LogP contribution in [0.2, 0.25) is 0 Å². The van der Waals surface area contributed by atoms with Gasteiger partial charge < -0.3 is 10.2 Å². The summed E-state index contributed by atoms with van der Waals surface area (Å²) < 4.78 is 0. The number of amides is 1. The second-order valence-electron chi connectivity index (χ2n) is 5.14. The first kappa shape index (κ1) is 13.5. The molecule has 4 nitrogen and oxygen atoms in total. The van der Waals surface area contributed by atoms with Crippen molar-refractivity contribution >= 4 is 5.91 Å². The molecule has 1 N–H and O–H groups in total. The molecule has 4 heteroatoms. The molecule has 1 heterocycles. The van der Waals surface area contributed by atoms with E-state index in [1.807, 2.05) is 19.0 Å². The summed E-state index contributed by atoms with van der Waals surface area (Å²) in [5.41, 5.74) is 0. The summed E-state index contributed by atoms with van der Waals surface area (Å²) in [5, 5.41) is 3.28. The number of nitrogens with one attached hydrogen (secondary N) is 1. The normalized spacial score (nSPS) is 22.4. The minimum Gasteiger partial charge on any atom is -0.344 e. The van der Waals surface area contributed by atoms with Crippen molar-refractivity contribution in [2.75, 3.05) is 40.3 Å². The summed E-state index contributed by atoms with van der Waals surface area (Å²) in [6, 6.07) is 0.0194. The molecule has 0 spiro atoms. The van der Waals surface area contributed by atoms with Gasteiger partial charge in [-0.25, -0.2) is 0 Å². The number of hydrogen-bond donors (Lipinski definition) is 1. The van der Waals surface area contributed by atoms with Crippen molar-refractivity contribution in [1.82, 2.24) is 15.1 Å². The van der Waals surface area contributed by atoms with Gasteiger partial charge in [0.2, 0.25) is 5.91 Å². The molecule has 1 aliphatic rings. The third-order valence-electron chi connectivity index (χ3n) is 3.21. The summed E-state index contributed by atoms with van der Waals surface area (Å²) in [4.78, 5) is 16.2. The highest BCUT2D eigenvalue weighted by atomic mass is 16.2. The van der Waals surface area contributed by atoms with Gasteiger partial charge in [0.25, 0.3) is 0 Å². The highest BCUT2D eigenvalue weighted by molar-refractivity contribution is 5.82. The maximum absolute atomic E-state index is 12.2. The fraction of sp³-hybridized carbons (Fsp3) is 0.917. The minimum absolute atomic E-state index is 0.0194. The van der Waals surface area contributed by atoms with Crippen LogP contribution in [0.15, 0.2) is 0 Å². The van der Waals surface area contributed by atoms with E-state index in [4.69, 9.17) is 0 Å². The molecule has 1 saturated heterocycles. The molecule has 1 fully saturated rings. The Morgan fingerprint density at radius 2 is 2.25 bits per heavy atom. The van der Waals surface area contributed by atoms with Gasteiger partial charge >= 0.3 is 0 Å². The number of hydrogen-bond acceptors (Lipinski definition) is 3. The predicted molar refractivity (Wildman–Crippen MR) is 66.4 cm³/mol. The lowest BCUT2D eigenvalue weighted by Gasteiger charge is -2.34. The standard InChI is InChI=1S/C12H25N3O/c1-10(2)5-7-15(4)12(16)11-9-13-6-8-14(11)3/h10-11,13H,5-9H2,1-4H3. The molecule has 1 amide bonds. The fourth-order valence-corrected chi connectivity index (χ4v) is 1.90. The zero-order valence-corrected chi connectivity index (χ0v) is 11.0. The summed E-state index contributed by atoms with van der Waals surface area (Å²) in [5.74, 6) is 0.896. The number of likely N-dealkylation sites (N-methyl/N-ethyl adjacent to an activating group) is 2. The molecule has 0 saturated carbocycles. The Bertz CT molecular complexity index is 230. The van der Waals surface area contributed by atoms with Crippen LogP contribution in [-0.2, 0) is 4.79 Å². The van der Waals surface area contributed by atoms with E-state index >= 15 is 0 Å². The molecule has 0 aromatic rings. The van der Waals surface area contributed by atoms with Gasteiger partial charge in [0.15, 0.2) is 0 Å². The summed E-state index contributed by atoms with van der Waals surface area (Å²) >= 11 is 0. The molecule has 0 aromatic carbocycles. The van der Waals surface area contributed by atoms with E-state index < -0.39 is 0 Å². The first-order chi connectivity index (χ1) is 7.52. The van der Waals surface area contributed by atoms with Crippen LogP contribution in [0.1, 0.15) is 20.3 Å². The van der Waals surface area contributed by atoms with Gasteiger partial charge in [-0.2, -0.15) is 0 Å². The maximum atomic E-state index is 12.2. The van der Waals surface area contributed by atoms with Crippen LogP contribution in [0.5, 0.6) is 0 Å². The van der Waals surface area contributed by atoms with Crippen LogP contribution in [0.3, 0.4) is 0 Å². The molecule has 94 valence electrons. The highest BCUT2D eigenvalue weighted by Crippen LogP contribution is 2.06. The number of carbonyl (C=O) groups excluding carboxylic acids is 1. The number of nitrogens with zero attached hydrogens (tertiary/aromatic N) is 2. The van der Waals surface area contributed by atoms with Crippen molar-refractivity contribution in [3.63, 3.8) is 0 Å². The van der Waals surface area contributed by atoms with E-state index in [0.29, 0.717) is 5.92 Å². The second kappa shape index (κ2) is 6.21. The van der Waals surface area contributed by atoms with Gasteiger partial charge in [0.05, 0.1) is 0 Å². The van der Waals surface area contributed by atoms with Gasteiger partial charge in [-0.05, 0) is 19.4 Å². The van der Waals surface area contributed by atoms with Crippen LogP contribution in [0, 0.1) is 5.92 Å². The van der Waals surface area contributed by atoms with Crippen molar-refractivity contribution in [2.45, 2.75) is 26.3 Å². The van der Waals surface area contributed by atoms with Gasteiger partial charge in [-0.15, -0.1) is 0 Å². The number of piperazine rings is 1. The largest absolute Gasteiger partial charge is 0.344 e. The van der Waals surface area contributed by atoms with Crippen molar-refractivity contribution < 1.29 is 4.79 Å². The molecule has 1 rings (SSSR count). The molecule has 16 heavy (non-hydrogen) atoms. The average molecular weight is 227 g/mol. The first-order valence-corrected chi connectivity index (χ1v) is 6.18. The smallest absolute Gasteiger partial charge is 0.240 e. The van der Waals surface area contributed by atoms with E-state index in [9.17, 15) is 4.79 Å². The quantitative estimate of drug-likeness (QED) is 0.755. The summed E-state index contributed by atoms with van der Waals surface area (Å²) in [7, 11) is 3.94. The summed E-state index contributed by atoms with van der Waals surface area (Å²) in [6.45, 7) is 7.95. The van der Waals surface area contributed by atoms with Crippen molar-refractivity contribution in [1.29, 1.82) is 0 Å². The van der Waals surface area contributed by atoms with E-state index in [0.717, 1.165) is 32.6 Å². The van der Waals surface area contributed by atoms with Crippen molar-refractivity contribution in [3.05, 3.63) is 0 Å². The lowest BCUT2D eigenvalue weighted by molar-refractivity contribution is -0.135. The Morgan fingerprint density at radius 1 is 1.56 bits per heavy atom. The Labute approximate surface area is 99.0 Å². The third kappa shape index (κ3) is 3.76. The van der Waals surface area contributed by atoms with Gasteiger partial charge in [0.1, 0.15) is 6.04 Å². The molecular formula is C12H25N3O. The fourth-order valence-electron chi connectivity index (χ4n) is 1.90. The maximum Gasteiger partial charge on any atom is 0.240 e. The lowest BCUT2D eigenvalue weighted by atomic mass is 10.1. The van der Waals surface area contributed by atoms with E-state index in [-0.39, 0.29) is 11.9 Å². The van der Waals surface area contributed by atoms with Crippen molar-refractivity contribution in [2.24, 2.45) is 5.92 Å². The van der Waals surface area contributed by atoms with Crippen molar-refractivity contribution in [3.8, 4) is 0 Å². The lowest BCUT2D eigenvalue weighted by Crippen LogP contribution is -2.56. The molecular weight excluding hydrogens is 202 g/mol. The summed E-state index contributed by atoms with van der Waals surface area (Å²) in [6.07, 6.45) is 1.08. The molecule has 0 radical (unpaired) electrons. The number of carbonyl (C=O) groups is 1. The average Bonchev–Trinajstić information content (AvgIpc) is 2.25. The van der Waals surface area contributed by atoms with Crippen LogP contribution in [-0.4, -0.2) is 62.0 Å². The molecule has 0 aliphatic carbocycles. The molecule has 0 aromatic heterocycles. The van der Waals surface area contributed by atoms with Crippen LogP contribution < -0.4 is 5.32 Å². The van der Waals surface area contributed by atoms with E-state index in [1.54, 1.807) is 0 Å². The first-order valence-electron chi connectivity index (χ1n) is 6.18. The molecule has 1 unspecified atom stereocenters. The van der Waals surface area contributed by atoms with Gasteiger partial charge in [0, 0.05) is 33.2 Å².